The molecule has 0 aliphatic carbocycles. The van der Waals surface area contributed by atoms with E-state index in [-0.39, 0.29) is 6.10 Å². The summed E-state index contributed by atoms with van der Waals surface area (Å²) in [6.07, 6.45) is 0.842. The van der Waals surface area contributed by atoms with Gasteiger partial charge in [-0.05, 0) is 44.4 Å². The first-order valence-corrected chi connectivity index (χ1v) is 7.74. The van der Waals surface area contributed by atoms with Crippen molar-refractivity contribution in [2.75, 3.05) is 18.0 Å². The van der Waals surface area contributed by atoms with Gasteiger partial charge in [0.05, 0.1) is 17.6 Å². The molecular weight excluding hydrogens is 292 g/mol. The van der Waals surface area contributed by atoms with Crippen molar-refractivity contribution >= 4 is 22.7 Å². The predicted molar refractivity (Wildman–Crippen MR) is 88.4 cm³/mol. The van der Waals surface area contributed by atoms with Gasteiger partial charge >= 0.3 is 6.09 Å². The first-order chi connectivity index (χ1) is 11.0. The lowest BCUT2D eigenvalue weighted by molar-refractivity contribution is 0.0966. The average molecular weight is 312 g/mol. The molecule has 0 spiro atoms. The molecular formula is C17H20N4O2. The number of anilines is 1. The van der Waals surface area contributed by atoms with E-state index in [4.69, 9.17) is 10.5 Å². The topological polar surface area (TPSA) is 95.1 Å². The Morgan fingerprint density at radius 1 is 1.48 bits per heavy atom. The van der Waals surface area contributed by atoms with Crippen LogP contribution in [0.1, 0.15) is 29.7 Å². The molecule has 2 aromatic rings. The smallest absolute Gasteiger partial charge is 0.404 e. The summed E-state index contributed by atoms with van der Waals surface area (Å²) in [5, 5.41) is 10.4. The summed E-state index contributed by atoms with van der Waals surface area (Å²) >= 11 is 0. The fourth-order valence-electron chi connectivity index (χ4n) is 3.34. The monoisotopic (exact) mass is 312 g/mol. The zero-order valence-electron chi connectivity index (χ0n) is 13.3. The van der Waals surface area contributed by atoms with Crippen LogP contribution in [0.15, 0.2) is 12.1 Å². The Bertz CT molecular complexity index is 803. The molecule has 2 heterocycles. The molecule has 1 aromatic heterocycles. The van der Waals surface area contributed by atoms with Crippen LogP contribution in [0.4, 0.5) is 10.5 Å². The van der Waals surface area contributed by atoms with Crippen LogP contribution in [0, 0.1) is 25.2 Å². The minimum absolute atomic E-state index is 0.188. The minimum Gasteiger partial charge on any atom is -0.445 e. The molecule has 0 unspecified atom stereocenters. The van der Waals surface area contributed by atoms with E-state index in [1.807, 2.05) is 19.1 Å². The zero-order valence-corrected chi connectivity index (χ0v) is 13.3. The van der Waals surface area contributed by atoms with Gasteiger partial charge in [-0.2, -0.15) is 5.26 Å². The second-order valence-electron chi connectivity index (χ2n) is 6.02. The van der Waals surface area contributed by atoms with Gasteiger partial charge in [0.1, 0.15) is 12.2 Å². The summed E-state index contributed by atoms with van der Waals surface area (Å²) in [6, 6.07) is 6.06. The molecule has 1 saturated heterocycles. The molecule has 1 atom stereocenters. The Hall–Kier alpha value is -2.68. The van der Waals surface area contributed by atoms with E-state index < -0.39 is 6.09 Å². The third-order valence-corrected chi connectivity index (χ3v) is 4.56. The number of nitrogens with two attached hydrogens (primary N) is 1. The van der Waals surface area contributed by atoms with Gasteiger partial charge in [0.25, 0.3) is 0 Å². The van der Waals surface area contributed by atoms with E-state index in [9.17, 15) is 10.1 Å². The van der Waals surface area contributed by atoms with Gasteiger partial charge < -0.3 is 20.4 Å². The highest BCUT2D eigenvalue weighted by Crippen LogP contribution is 2.35. The first-order valence-electron chi connectivity index (χ1n) is 7.74. The largest absolute Gasteiger partial charge is 0.445 e. The number of carbonyl (C=O) groups is 1. The van der Waals surface area contributed by atoms with Crippen LogP contribution in [-0.2, 0) is 4.74 Å². The van der Waals surface area contributed by atoms with Gasteiger partial charge in [-0.15, -0.1) is 0 Å². The summed E-state index contributed by atoms with van der Waals surface area (Å²) in [4.78, 5) is 16.5. The van der Waals surface area contributed by atoms with Crippen molar-refractivity contribution in [3.05, 3.63) is 29.0 Å². The van der Waals surface area contributed by atoms with Gasteiger partial charge in [-0.25, -0.2) is 4.79 Å². The van der Waals surface area contributed by atoms with Crippen molar-refractivity contribution in [3.8, 4) is 6.07 Å². The van der Waals surface area contributed by atoms with E-state index in [1.165, 1.54) is 0 Å². The number of nitrogens with one attached hydrogen (secondary N) is 1. The molecule has 1 aliphatic heterocycles. The van der Waals surface area contributed by atoms with E-state index >= 15 is 0 Å². The molecule has 0 bridgehead atoms. The number of benzene rings is 1. The van der Waals surface area contributed by atoms with Crippen molar-refractivity contribution in [1.29, 1.82) is 5.26 Å². The summed E-state index contributed by atoms with van der Waals surface area (Å²) in [5.41, 5.74) is 9.93. The Labute approximate surface area is 134 Å². The number of hydrogen-bond acceptors (Lipinski definition) is 4. The van der Waals surface area contributed by atoms with Gasteiger partial charge in [-0.1, -0.05) is 0 Å². The fourth-order valence-corrected chi connectivity index (χ4v) is 3.34. The first kappa shape index (κ1) is 15.2. The number of fused-ring (bicyclic) bond motifs is 1. The van der Waals surface area contributed by atoms with Crippen LogP contribution in [0.25, 0.3) is 10.9 Å². The number of H-pyrrole nitrogens is 1. The molecule has 1 aliphatic rings. The highest BCUT2D eigenvalue weighted by atomic mass is 16.6. The van der Waals surface area contributed by atoms with Crippen LogP contribution in [0.2, 0.25) is 0 Å². The number of ether oxygens (including phenoxy) is 1. The maximum atomic E-state index is 11.0. The number of aromatic nitrogens is 1. The third-order valence-electron chi connectivity index (χ3n) is 4.56. The fraction of sp³-hybridized carbons (Fsp3) is 0.412. The second-order valence-corrected chi connectivity index (χ2v) is 6.02. The SMILES string of the molecule is Cc1[nH]c2c(C#N)ccc(N3CCC[C@H](OC(N)=O)C3)c2c1C. The van der Waals surface area contributed by atoms with Crippen LogP contribution in [0.3, 0.4) is 0 Å². The van der Waals surface area contributed by atoms with Gasteiger partial charge in [-0.3, -0.25) is 0 Å². The van der Waals surface area contributed by atoms with Crippen molar-refractivity contribution < 1.29 is 9.53 Å². The van der Waals surface area contributed by atoms with Crippen LogP contribution < -0.4 is 10.6 Å². The second kappa shape index (κ2) is 5.84. The Kier molecular flexibility index (Phi) is 3.87. The third kappa shape index (κ3) is 2.70. The molecule has 3 N–H and O–H groups in total. The lowest BCUT2D eigenvalue weighted by Gasteiger charge is -2.34. The van der Waals surface area contributed by atoms with E-state index in [0.29, 0.717) is 12.1 Å². The maximum absolute atomic E-state index is 11.0. The highest BCUT2D eigenvalue weighted by Gasteiger charge is 2.25. The Balaban J connectivity index is 2.03. The maximum Gasteiger partial charge on any atom is 0.404 e. The van der Waals surface area contributed by atoms with Gasteiger partial charge in [0.15, 0.2) is 0 Å². The summed E-state index contributed by atoms with van der Waals surface area (Å²) in [7, 11) is 0. The molecule has 6 nitrogen and oxygen atoms in total. The van der Waals surface area contributed by atoms with E-state index in [2.05, 4.69) is 22.9 Å². The number of aromatic amines is 1. The Morgan fingerprint density at radius 3 is 2.96 bits per heavy atom. The van der Waals surface area contributed by atoms with Crippen LogP contribution >= 0.6 is 0 Å². The van der Waals surface area contributed by atoms with Crippen molar-refractivity contribution in [1.82, 2.24) is 4.98 Å². The zero-order chi connectivity index (χ0) is 16.6. The lowest BCUT2D eigenvalue weighted by atomic mass is 10.0. The van der Waals surface area contributed by atoms with E-state index in [0.717, 1.165) is 47.2 Å². The van der Waals surface area contributed by atoms with Crippen molar-refractivity contribution in [2.45, 2.75) is 32.8 Å². The van der Waals surface area contributed by atoms with Crippen molar-refractivity contribution in [3.63, 3.8) is 0 Å². The number of hydrogen-bond donors (Lipinski definition) is 2. The molecule has 1 aromatic carbocycles. The standard InChI is InChI=1S/C17H20N4O2/c1-10-11(2)20-16-12(8-18)5-6-14(15(10)16)21-7-3-4-13(9-21)23-17(19)22/h5-6,13,20H,3-4,7,9H2,1-2H3,(H2,19,22)/t13-/m0/s1. The molecule has 0 saturated carbocycles. The normalized spacial score (nSPS) is 18.0. The highest BCUT2D eigenvalue weighted by molar-refractivity contribution is 5.99. The number of nitrogens with zero attached hydrogens (tertiary/aromatic N) is 2. The molecule has 23 heavy (non-hydrogen) atoms. The minimum atomic E-state index is -0.726. The number of piperidine rings is 1. The summed E-state index contributed by atoms with van der Waals surface area (Å²) in [5.74, 6) is 0. The molecule has 1 fully saturated rings. The van der Waals surface area contributed by atoms with Gasteiger partial charge in [0, 0.05) is 23.3 Å². The quantitative estimate of drug-likeness (QED) is 0.891. The number of nitriles is 1. The van der Waals surface area contributed by atoms with Crippen LogP contribution in [0.5, 0.6) is 0 Å². The number of carbonyl (C=O) groups excluding carboxylic acids is 1. The van der Waals surface area contributed by atoms with Crippen LogP contribution in [-0.4, -0.2) is 30.3 Å². The number of primary amides is 1. The number of aryl methyl sites for hydroxylation is 2. The summed E-state index contributed by atoms with van der Waals surface area (Å²) < 4.78 is 5.17. The molecule has 6 heteroatoms. The predicted octanol–water partition coefficient (Wildman–Crippen LogP) is 2.72. The Morgan fingerprint density at radius 2 is 2.26 bits per heavy atom. The van der Waals surface area contributed by atoms with Crippen molar-refractivity contribution in [2.24, 2.45) is 5.73 Å². The number of amides is 1. The summed E-state index contributed by atoms with van der Waals surface area (Å²) in [6.45, 7) is 5.58. The average Bonchev–Trinajstić information content (AvgIpc) is 2.82. The lowest BCUT2D eigenvalue weighted by Crippen LogP contribution is -2.41. The molecule has 1 amide bonds. The molecule has 3 rings (SSSR count). The van der Waals surface area contributed by atoms with E-state index in [1.54, 1.807) is 0 Å². The molecule has 0 radical (unpaired) electrons. The number of rotatable bonds is 2. The molecule has 120 valence electrons. The van der Waals surface area contributed by atoms with Gasteiger partial charge in [0.2, 0.25) is 0 Å².